The van der Waals surface area contributed by atoms with Crippen LogP contribution in [0.5, 0.6) is 0 Å². The third-order valence-corrected chi connectivity index (χ3v) is 5.02. The zero-order valence-corrected chi connectivity index (χ0v) is 19.0. The van der Waals surface area contributed by atoms with Gasteiger partial charge in [-0.3, -0.25) is 4.90 Å². The lowest BCUT2D eigenvalue weighted by atomic mass is 9.93. The number of hydrogen-bond acceptors (Lipinski definition) is 6. The van der Waals surface area contributed by atoms with Crippen LogP contribution >= 0.6 is 0 Å². The third kappa shape index (κ3) is 7.87. The maximum atomic E-state index is 13.0. The molecule has 0 bridgehead atoms. The SMILES string of the molecule is CC(C)CN(C(=O)OCc1ccccc1)C1CC(CO)CN(C(O)OC(C)(C)C)C1. The molecule has 1 saturated heterocycles. The standard InChI is InChI=1S/C23H38N2O5/c1-17(2)12-25(22(28)29-16-18-9-7-6-8-10-18)20-11-19(15-26)13-24(14-20)21(27)30-23(3,4)5/h6-10,17,19-21,26-27H,11-16H2,1-5H3. The summed E-state index contributed by atoms with van der Waals surface area (Å²) < 4.78 is 11.3. The summed E-state index contributed by atoms with van der Waals surface area (Å²) in [5, 5.41) is 20.4. The van der Waals surface area contributed by atoms with Crippen molar-refractivity contribution in [1.82, 2.24) is 9.80 Å². The molecule has 2 rings (SSSR count). The molecule has 7 heteroatoms. The lowest BCUT2D eigenvalue weighted by molar-refractivity contribution is -0.249. The van der Waals surface area contributed by atoms with Gasteiger partial charge >= 0.3 is 6.09 Å². The molecule has 170 valence electrons. The van der Waals surface area contributed by atoms with E-state index in [0.29, 0.717) is 26.1 Å². The number of hydrogen-bond donors (Lipinski definition) is 2. The zero-order valence-electron chi connectivity index (χ0n) is 19.0. The molecule has 1 heterocycles. The number of likely N-dealkylation sites (tertiary alicyclic amines) is 1. The number of ether oxygens (including phenoxy) is 2. The summed E-state index contributed by atoms with van der Waals surface area (Å²) in [4.78, 5) is 16.5. The smallest absolute Gasteiger partial charge is 0.410 e. The van der Waals surface area contributed by atoms with Crippen molar-refractivity contribution in [3.8, 4) is 0 Å². The summed E-state index contributed by atoms with van der Waals surface area (Å²) in [7, 11) is 0. The summed E-state index contributed by atoms with van der Waals surface area (Å²) in [6, 6.07) is 9.41. The molecule has 1 aromatic rings. The largest absolute Gasteiger partial charge is 0.445 e. The van der Waals surface area contributed by atoms with E-state index in [2.05, 4.69) is 13.8 Å². The van der Waals surface area contributed by atoms with Crippen molar-refractivity contribution >= 4 is 6.09 Å². The van der Waals surface area contributed by atoms with Crippen LogP contribution in [0, 0.1) is 11.8 Å². The van der Waals surface area contributed by atoms with Gasteiger partial charge in [0.15, 0.2) is 0 Å². The van der Waals surface area contributed by atoms with Crippen LogP contribution in [0.2, 0.25) is 0 Å². The third-order valence-electron chi connectivity index (χ3n) is 5.02. The molecular formula is C23H38N2O5. The molecule has 30 heavy (non-hydrogen) atoms. The number of aliphatic hydroxyl groups excluding tert-OH is 2. The topological polar surface area (TPSA) is 82.5 Å². The molecule has 1 aromatic carbocycles. The van der Waals surface area contributed by atoms with E-state index in [1.165, 1.54) is 0 Å². The highest BCUT2D eigenvalue weighted by atomic mass is 16.6. The second kappa shape index (κ2) is 11.1. The second-order valence-electron chi connectivity index (χ2n) is 9.53. The minimum atomic E-state index is -1.09. The van der Waals surface area contributed by atoms with E-state index < -0.39 is 12.0 Å². The van der Waals surface area contributed by atoms with Crippen LogP contribution in [0.3, 0.4) is 0 Å². The molecule has 0 saturated carbocycles. The molecule has 0 radical (unpaired) electrons. The number of amides is 1. The Bertz CT molecular complexity index is 647. The Hall–Kier alpha value is -1.67. The van der Waals surface area contributed by atoms with E-state index in [1.807, 2.05) is 51.1 Å². The number of carbonyl (C=O) groups is 1. The van der Waals surface area contributed by atoms with Gasteiger partial charge in [0.1, 0.15) is 6.61 Å². The van der Waals surface area contributed by atoms with Gasteiger partial charge in [0.25, 0.3) is 0 Å². The minimum Gasteiger partial charge on any atom is -0.445 e. The summed E-state index contributed by atoms with van der Waals surface area (Å²) in [6.45, 7) is 11.5. The molecule has 3 atom stereocenters. The average molecular weight is 423 g/mol. The molecule has 1 aliphatic rings. The monoisotopic (exact) mass is 422 g/mol. The normalized spacial score (nSPS) is 21.5. The van der Waals surface area contributed by atoms with Gasteiger partial charge in [-0.25, -0.2) is 4.79 Å². The first-order valence-electron chi connectivity index (χ1n) is 10.8. The Morgan fingerprint density at radius 1 is 1.23 bits per heavy atom. The molecule has 0 aliphatic carbocycles. The molecule has 1 aliphatic heterocycles. The van der Waals surface area contributed by atoms with E-state index in [1.54, 1.807) is 9.80 Å². The Balaban J connectivity index is 2.11. The van der Waals surface area contributed by atoms with E-state index >= 15 is 0 Å². The highest BCUT2D eigenvalue weighted by Crippen LogP contribution is 2.25. The van der Waals surface area contributed by atoms with Crippen LogP contribution in [0.4, 0.5) is 4.79 Å². The van der Waals surface area contributed by atoms with Crippen molar-refractivity contribution in [2.45, 2.75) is 65.7 Å². The fourth-order valence-electron chi connectivity index (χ4n) is 3.71. The zero-order chi connectivity index (χ0) is 22.3. The minimum absolute atomic E-state index is 0.0101. The molecule has 7 nitrogen and oxygen atoms in total. The fraction of sp³-hybridized carbons (Fsp3) is 0.696. The first-order valence-corrected chi connectivity index (χ1v) is 10.8. The van der Waals surface area contributed by atoms with Crippen molar-refractivity contribution in [2.24, 2.45) is 11.8 Å². The maximum Gasteiger partial charge on any atom is 0.410 e. The van der Waals surface area contributed by atoms with E-state index in [-0.39, 0.29) is 37.2 Å². The number of rotatable bonds is 8. The first-order chi connectivity index (χ1) is 14.1. The molecule has 2 N–H and O–H groups in total. The second-order valence-corrected chi connectivity index (χ2v) is 9.53. The molecule has 3 unspecified atom stereocenters. The van der Waals surface area contributed by atoms with Crippen molar-refractivity contribution in [1.29, 1.82) is 0 Å². The molecule has 0 spiro atoms. The number of nitrogens with zero attached hydrogens (tertiary/aromatic N) is 2. The summed E-state index contributed by atoms with van der Waals surface area (Å²) >= 11 is 0. The summed E-state index contributed by atoms with van der Waals surface area (Å²) in [5.41, 5.74) is 0.427. The van der Waals surface area contributed by atoms with Crippen LogP contribution < -0.4 is 0 Å². The Labute approximate surface area is 180 Å². The van der Waals surface area contributed by atoms with Gasteiger partial charge in [-0.05, 0) is 44.6 Å². The van der Waals surface area contributed by atoms with Crippen LogP contribution in [-0.2, 0) is 16.1 Å². The highest BCUT2D eigenvalue weighted by molar-refractivity contribution is 5.68. The Morgan fingerprint density at radius 2 is 1.90 bits per heavy atom. The van der Waals surface area contributed by atoms with Crippen LogP contribution in [0.1, 0.15) is 46.6 Å². The predicted octanol–water partition coefficient (Wildman–Crippen LogP) is 3.06. The van der Waals surface area contributed by atoms with Gasteiger partial charge in [0.2, 0.25) is 6.41 Å². The van der Waals surface area contributed by atoms with Gasteiger partial charge in [-0.15, -0.1) is 0 Å². The maximum absolute atomic E-state index is 13.0. The van der Waals surface area contributed by atoms with E-state index in [4.69, 9.17) is 9.47 Å². The summed E-state index contributed by atoms with van der Waals surface area (Å²) in [5.74, 6) is 0.200. The van der Waals surface area contributed by atoms with E-state index in [9.17, 15) is 15.0 Å². The van der Waals surface area contributed by atoms with E-state index in [0.717, 1.165) is 5.56 Å². The van der Waals surface area contributed by atoms with Gasteiger partial charge in [-0.1, -0.05) is 44.2 Å². The van der Waals surface area contributed by atoms with Crippen molar-refractivity contribution in [3.63, 3.8) is 0 Å². The average Bonchev–Trinajstić information content (AvgIpc) is 2.69. The number of piperidine rings is 1. The molecular weight excluding hydrogens is 384 g/mol. The van der Waals surface area contributed by atoms with Crippen LogP contribution in [0.15, 0.2) is 30.3 Å². The quantitative estimate of drug-likeness (QED) is 0.627. The van der Waals surface area contributed by atoms with Gasteiger partial charge in [0, 0.05) is 32.3 Å². The van der Waals surface area contributed by atoms with Crippen LogP contribution in [-0.4, -0.2) is 70.4 Å². The van der Waals surface area contributed by atoms with Gasteiger partial charge in [0.05, 0.1) is 5.60 Å². The molecule has 1 fully saturated rings. The Morgan fingerprint density at radius 3 is 2.47 bits per heavy atom. The molecule has 0 aromatic heterocycles. The first kappa shape index (κ1) is 24.6. The van der Waals surface area contributed by atoms with Gasteiger partial charge < -0.3 is 24.6 Å². The van der Waals surface area contributed by atoms with Crippen molar-refractivity contribution in [3.05, 3.63) is 35.9 Å². The highest BCUT2D eigenvalue weighted by Gasteiger charge is 2.37. The lowest BCUT2D eigenvalue weighted by Gasteiger charge is -2.44. The van der Waals surface area contributed by atoms with Gasteiger partial charge in [-0.2, -0.15) is 0 Å². The number of benzene rings is 1. The van der Waals surface area contributed by atoms with Crippen LogP contribution in [0.25, 0.3) is 0 Å². The number of aliphatic hydroxyl groups is 2. The Kier molecular flexibility index (Phi) is 9.09. The predicted molar refractivity (Wildman–Crippen MR) is 116 cm³/mol. The van der Waals surface area contributed by atoms with Crippen molar-refractivity contribution < 1.29 is 24.5 Å². The fourth-order valence-corrected chi connectivity index (χ4v) is 3.71. The van der Waals surface area contributed by atoms with Crippen molar-refractivity contribution in [2.75, 3.05) is 26.2 Å². The summed E-state index contributed by atoms with van der Waals surface area (Å²) in [6.07, 6.45) is -0.812. The molecule has 1 amide bonds. The lowest BCUT2D eigenvalue weighted by Crippen LogP contribution is -2.57. The number of carbonyl (C=O) groups excluding carboxylic acids is 1.